The van der Waals surface area contributed by atoms with Crippen molar-refractivity contribution < 1.29 is 4.79 Å². The molecule has 0 radical (unpaired) electrons. The Balaban J connectivity index is 1.83. The smallest absolute Gasteiger partial charge is 0.251 e. The van der Waals surface area contributed by atoms with Crippen molar-refractivity contribution in [3.63, 3.8) is 0 Å². The lowest BCUT2D eigenvalue weighted by Gasteiger charge is -2.05. The first-order chi connectivity index (χ1) is 8.25. The van der Waals surface area contributed by atoms with Crippen molar-refractivity contribution in [1.29, 1.82) is 0 Å². The second kappa shape index (κ2) is 5.81. The second-order valence-corrected chi connectivity index (χ2v) is 4.81. The maximum Gasteiger partial charge on any atom is 0.251 e. The largest absolute Gasteiger partial charge is 0.350 e. The molecule has 0 bridgehead atoms. The molecule has 1 heterocycles. The predicted octanol–water partition coefficient (Wildman–Crippen LogP) is 1.92. The second-order valence-electron chi connectivity index (χ2n) is 3.56. The van der Waals surface area contributed by atoms with Gasteiger partial charge < -0.3 is 9.88 Å². The zero-order valence-corrected chi connectivity index (χ0v) is 11.3. The Bertz CT molecular complexity index is 479. The van der Waals surface area contributed by atoms with Crippen molar-refractivity contribution >= 4 is 28.5 Å². The molecule has 0 aliphatic carbocycles. The first kappa shape index (κ1) is 12.1. The van der Waals surface area contributed by atoms with Crippen LogP contribution in [0.15, 0.2) is 43.0 Å². The van der Waals surface area contributed by atoms with E-state index in [4.69, 9.17) is 0 Å². The van der Waals surface area contributed by atoms with Crippen molar-refractivity contribution in [3.05, 3.63) is 52.1 Å². The van der Waals surface area contributed by atoms with E-state index >= 15 is 0 Å². The molecule has 0 atom stereocenters. The summed E-state index contributed by atoms with van der Waals surface area (Å²) in [5.74, 6) is -0.0403. The zero-order valence-electron chi connectivity index (χ0n) is 9.14. The third kappa shape index (κ3) is 3.55. The molecular formula is C12H12IN3O. The Morgan fingerprint density at radius 2 is 2.12 bits per heavy atom. The van der Waals surface area contributed by atoms with Crippen LogP contribution < -0.4 is 5.32 Å². The summed E-state index contributed by atoms with van der Waals surface area (Å²) in [5.41, 5.74) is 0.691. The van der Waals surface area contributed by atoms with Gasteiger partial charge in [-0.2, -0.15) is 0 Å². The van der Waals surface area contributed by atoms with Gasteiger partial charge in [-0.05, 0) is 46.9 Å². The molecule has 2 rings (SSSR count). The highest BCUT2D eigenvalue weighted by atomic mass is 127. The summed E-state index contributed by atoms with van der Waals surface area (Å²) < 4.78 is 3.05. The molecule has 4 nitrogen and oxygen atoms in total. The lowest BCUT2D eigenvalue weighted by molar-refractivity contribution is 0.0952. The summed E-state index contributed by atoms with van der Waals surface area (Å²) in [6, 6.07) is 7.50. The standard InChI is InChI=1S/C12H12IN3O/c13-11-3-1-10(2-4-11)12(17)15-6-8-16-7-5-14-9-16/h1-5,7,9H,6,8H2,(H,15,17). The maximum atomic E-state index is 11.7. The summed E-state index contributed by atoms with van der Waals surface area (Å²) in [7, 11) is 0. The molecule has 88 valence electrons. The van der Waals surface area contributed by atoms with Gasteiger partial charge in [0.15, 0.2) is 0 Å². The molecule has 1 N–H and O–H groups in total. The van der Waals surface area contributed by atoms with E-state index in [2.05, 4.69) is 32.9 Å². The third-order valence-corrected chi connectivity index (χ3v) is 3.04. The highest BCUT2D eigenvalue weighted by molar-refractivity contribution is 14.1. The number of nitrogens with one attached hydrogen (secondary N) is 1. The molecule has 1 aromatic carbocycles. The van der Waals surface area contributed by atoms with Crippen molar-refractivity contribution in [1.82, 2.24) is 14.9 Å². The summed E-state index contributed by atoms with van der Waals surface area (Å²) in [6.07, 6.45) is 5.33. The van der Waals surface area contributed by atoms with Crippen molar-refractivity contribution in [2.45, 2.75) is 6.54 Å². The van der Waals surface area contributed by atoms with Crippen LogP contribution in [0, 0.1) is 3.57 Å². The van der Waals surface area contributed by atoms with Gasteiger partial charge in [0.2, 0.25) is 0 Å². The lowest BCUT2D eigenvalue weighted by atomic mass is 10.2. The minimum absolute atomic E-state index is 0.0403. The molecule has 1 aromatic heterocycles. The first-order valence-electron chi connectivity index (χ1n) is 5.25. The van der Waals surface area contributed by atoms with Crippen LogP contribution in [0.4, 0.5) is 0 Å². The fourth-order valence-corrected chi connectivity index (χ4v) is 1.78. The third-order valence-electron chi connectivity index (χ3n) is 2.32. The molecular weight excluding hydrogens is 329 g/mol. The van der Waals surface area contributed by atoms with Gasteiger partial charge in [-0.15, -0.1) is 0 Å². The maximum absolute atomic E-state index is 11.7. The fourth-order valence-electron chi connectivity index (χ4n) is 1.42. The Morgan fingerprint density at radius 1 is 1.35 bits per heavy atom. The first-order valence-corrected chi connectivity index (χ1v) is 6.33. The fraction of sp³-hybridized carbons (Fsp3) is 0.167. The molecule has 1 amide bonds. The van der Waals surface area contributed by atoms with Crippen LogP contribution in [0.25, 0.3) is 0 Å². The number of nitrogens with zero attached hydrogens (tertiary/aromatic N) is 2. The van der Waals surface area contributed by atoms with E-state index in [1.165, 1.54) is 0 Å². The highest BCUT2D eigenvalue weighted by Crippen LogP contribution is 2.06. The van der Waals surface area contributed by atoms with Gasteiger partial charge >= 0.3 is 0 Å². The topological polar surface area (TPSA) is 46.9 Å². The van der Waals surface area contributed by atoms with Crippen LogP contribution in [0.5, 0.6) is 0 Å². The molecule has 0 aliphatic heterocycles. The van der Waals surface area contributed by atoms with Gasteiger partial charge in [0, 0.05) is 34.6 Å². The van der Waals surface area contributed by atoms with Crippen molar-refractivity contribution in [2.75, 3.05) is 6.54 Å². The predicted molar refractivity (Wildman–Crippen MR) is 73.7 cm³/mol. The molecule has 0 fully saturated rings. The Morgan fingerprint density at radius 3 is 2.76 bits per heavy atom. The van der Waals surface area contributed by atoms with Gasteiger partial charge in [-0.25, -0.2) is 4.98 Å². The van der Waals surface area contributed by atoms with E-state index < -0.39 is 0 Å². The Labute approximate surface area is 113 Å². The van der Waals surface area contributed by atoms with E-state index in [9.17, 15) is 4.79 Å². The number of hydrogen-bond acceptors (Lipinski definition) is 2. The van der Waals surface area contributed by atoms with Crippen LogP contribution in [-0.2, 0) is 6.54 Å². The van der Waals surface area contributed by atoms with Crippen molar-refractivity contribution in [2.24, 2.45) is 0 Å². The van der Waals surface area contributed by atoms with E-state index in [0.29, 0.717) is 12.1 Å². The number of hydrogen-bond donors (Lipinski definition) is 1. The van der Waals surface area contributed by atoms with Crippen molar-refractivity contribution in [3.8, 4) is 0 Å². The summed E-state index contributed by atoms with van der Waals surface area (Å²) in [5, 5.41) is 2.87. The van der Waals surface area contributed by atoms with Crippen LogP contribution in [0.2, 0.25) is 0 Å². The molecule has 0 aliphatic rings. The van der Waals surface area contributed by atoms with Crippen LogP contribution in [-0.4, -0.2) is 22.0 Å². The van der Waals surface area contributed by atoms with Crippen LogP contribution >= 0.6 is 22.6 Å². The number of carbonyl (C=O) groups excluding carboxylic acids is 1. The number of aromatic nitrogens is 2. The Hall–Kier alpha value is -1.37. The number of imidazole rings is 1. The molecule has 0 spiro atoms. The molecule has 0 saturated heterocycles. The number of halogens is 1. The van der Waals surface area contributed by atoms with E-state index in [-0.39, 0.29) is 5.91 Å². The summed E-state index contributed by atoms with van der Waals surface area (Å²) in [4.78, 5) is 15.7. The highest BCUT2D eigenvalue weighted by Gasteiger charge is 2.03. The summed E-state index contributed by atoms with van der Waals surface area (Å²) in [6.45, 7) is 1.33. The van der Waals surface area contributed by atoms with Gasteiger partial charge in [0.25, 0.3) is 5.91 Å². The number of benzene rings is 1. The van der Waals surface area contributed by atoms with Gasteiger partial charge in [-0.3, -0.25) is 4.79 Å². The monoisotopic (exact) mass is 341 g/mol. The molecule has 5 heteroatoms. The quantitative estimate of drug-likeness (QED) is 0.864. The lowest BCUT2D eigenvalue weighted by Crippen LogP contribution is -2.26. The Kier molecular flexibility index (Phi) is 4.13. The van der Waals surface area contributed by atoms with Gasteiger partial charge in [-0.1, -0.05) is 0 Å². The number of amides is 1. The summed E-state index contributed by atoms with van der Waals surface area (Å²) >= 11 is 2.21. The normalized spacial score (nSPS) is 10.2. The molecule has 17 heavy (non-hydrogen) atoms. The number of rotatable bonds is 4. The average molecular weight is 341 g/mol. The van der Waals surface area contributed by atoms with Gasteiger partial charge in [0.1, 0.15) is 0 Å². The minimum Gasteiger partial charge on any atom is -0.350 e. The van der Waals surface area contributed by atoms with Gasteiger partial charge in [0.05, 0.1) is 6.33 Å². The SMILES string of the molecule is O=C(NCCn1ccnc1)c1ccc(I)cc1. The zero-order chi connectivity index (χ0) is 12.1. The minimum atomic E-state index is -0.0403. The van der Waals surface area contributed by atoms with Crippen LogP contribution in [0.3, 0.4) is 0 Å². The van der Waals surface area contributed by atoms with E-state index in [1.54, 1.807) is 12.5 Å². The number of carbonyl (C=O) groups is 1. The average Bonchev–Trinajstić information content (AvgIpc) is 2.83. The molecule has 0 saturated carbocycles. The van der Waals surface area contributed by atoms with E-state index in [1.807, 2.05) is 35.0 Å². The van der Waals surface area contributed by atoms with Crippen LogP contribution in [0.1, 0.15) is 10.4 Å². The van der Waals surface area contributed by atoms with E-state index in [0.717, 1.165) is 10.1 Å². The molecule has 2 aromatic rings. The molecule has 0 unspecified atom stereocenters.